The van der Waals surface area contributed by atoms with Crippen molar-refractivity contribution in [2.45, 2.75) is 24.6 Å². The van der Waals surface area contributed by atoms with Crippen LogP contribution in [0, 0.1) is 5.41 Å². The lowest BCUT2D eigenvalue weighted by Gasteiger charge is -2.18. The molecule has 0 N–H and O–H groups in total. The van der Waals surface area contributed by atoms with E-state index in [0.717, 1.165) is 22.3 Å². The van der Waals surface area contributed by atoms with Crippen LogP contribution in [0.1, 0.15) is 43.0 Å². The minimum absolute atomic E-state index is 0.0471. The first-order valence-corrected chi connectivity index (χ1v) is 8.62. The van der Waals surface area contributed by atoms with Crippen molar-refractivity contribution in [1.82, 2.24) is 0 Å². The molecule has 0 amide bonds. The van der Waals surface area contributed by atoms with Crippen molar-refractivity contribution in [2.24, 2.45) is 5.41 Å². The molecule has 0 atom stereocenters. The van der Waals surface area contributed by atoms with E-state index < -0.39 is 5.41 Å². The summed E-state index contributed by atoms with van der Waals surface area (Å²) in [6.45, 7) is 0. The highest BCUT2D eigenvalue weighted by molar-refractivity contribution is 6.30. The van der Waals surface area contributed by atoms with E-state index in [0.29, 0.717) is 35.7 Å². The maximum Gasteiger partial charge on any atom is 0.178 e. The van der Waals surface area contributed by atoms with Gasteiger partial charge in [-0.2, -0.15) is 0 Å². The van der Waals surface area contributed by atoms with Crippen molar-refractivity contribution in [3.05, 3.63) is 69.8 Å². The molecule has 0 fully saturated rings. The largest absolute Gasteiger partial charge is 0.293 e. The monoisotopic (exact) mass is 344 g/mol. The lowest BCUT2D eigenvalue weighted by atomic mass is 9.80. The van der Waals surface area contributed by atoms with E-state index in [-0.39, 0.29) is 11.6 Å². The molecule has 4 rings (SSSR count). The number of hydrogen-bond acceptors (Lipinski definition) is 2. The van der Waals surface area contributed by atoms with E-state index in [1.54, 1.807) is 12.1 Å². The average Bonchev–Trinajstić information content (AvgIpc) is 3.06. The van der Waals surface area contributed by atoms with Crippen molar-refractivity contribution in [3.8, 4) is 0 Å². The maximum atomic E-state index is 12.9. The summed E-state index contributed by atoms with van der Waals surface area (Å²) in [4.78, 5) is 25.9. The van der Waals surface area contributed by atoms with Gasteiger partial charge >= 0.3 is 0 Å². The van der Waals surface area contributed by atoms with Crippen LogP contribution in [0.5, 0.6) is 0 Å². The van der Waals surface area contributed by atoms with Crippen LogP contribution in [-0.4, -0.2) is 11.6 Å². The Balaban J connectivity index is 1.82. The standard InChI is InChI=1S/C19H14Cl2O2/c20-9-13-5-11-7-19(8-12(11)6-14(13)10-21)17(22)15-3-1-2-4-16(15)18(19)23/h1-6H,7-10H2. The van der Waals surface area contributed by atoms with Gasteiger partial charge in [-0.3, -0.25) is 9.59 Å². The van der Waals surface area contributed by atoms with Gasteiger partial charge in [-0.15, -0.1) is 23.2 Å². The molecule has 1 spiro atoms. The molecule has 0 saturated heterocycles. The second-order valence-electron chi connectivity index (χ2n) is 6.30. The van der Waals surface area contributed by atoms with Crippen LogP contribution in [0.3, 0.4) is 0 Å². The highest BCUT2D eigenvalue weighted by Crippen LogP contribution is 2.47. The lowest BCUT2D eigenvalue weighted by molar-refractivity contribution is 0.0710. The Morgan fingerprint density at radius 1 is 0.826 bits per heavy atom. The Labute approximate surface area is 144 Å². The van der Waals surface area contributed by atoms with E-state index in [4.69, 9.17) is 23.2 Å². The Morgan fingerprint density at radius 2 is 1.26 bits per heavy atom. The fourth-order valence-corrected chi connectivity index (χ4v) is 4.40. The lowest BCUT2D eigenvalue weighted by Crippen LogP contribution is -2.34. The first-order chi connectivity index (χ1) is 11.1. The number of fused-ring (bicyclic) bond motifs is 2. The third-order valence-corrected chi connectivity index (χ3v) is 5.66. The molecular weight excluding hydrogens is 331 g/mol. The number of carbonyl (C=O) groups excluding carboxylic acids is 2. The molecule has 0 aliphatic heterocycles. The summed E-state index contributed by atoms with van der Waals surface area (Å²) < 4.78 is 0. The molecule has 23 heavy (non-hydrogen) atoms. The highest BCUT2D eigenvalue weighted by atomic mass is 35.5. The molecule has 2 aromatic carbocycles. The number of hydrogen-bond donors (Lipinski definition) is 0. The number of carbonyl (C=O) groups is 2. The zero-order valence-electron chi connectivity index (χ0n) is 12.4. The van der Waals surface area contributed by atoms with Crippen LogP contribution in [0.2, 0.25) is 0 Å². The topological polar surface area (TPSA) is 34.1 Å². The summed E-state index contributed by atoms with van der Waals surface area (Å²) in [5, 5.41) is 0. The number of benzene rings is 2. The fraction of sp³-hybridized carbons (Fsp3) is 0.263. The molecule has 2 aliphatic carbocycles. The highest BCUT2D eigenvalue weighted by Gasteiger charge is 2.55. The molecule has 2 nitrogen and oxygen atoms in total. The van der Waals surface area contributed by atoms with Crippen LogP contribution >= 0.6 is 23.2 Å². The minimum atomic E-state index is -0.958. The number of rotatable bonds is 2. The smallest absolute Gasteiger partial charge is 0.178 e. The van der Waals surface area contributed by atoms with Gasteiger partial charge in [0.05, 0.1) is 0 Å². The first kappa shape index (κ1) is 14.9. The van der Waals surface area contributed by atoms with Crippen molar-refractivity contribution in [1.29, 1.82) is 0 Å². The van der Waals surface area contributed by atoms with Gasteiger partial charge in [0.2, 0.25) is 0 Å². The predicted molar refractivity (Wildman–Crippen MR) is 90.5 cm³/mol. The van der Waals surface area contributed by atoms with E-state index in [1.807, 2.05) is 24.3 Å². The first-order valence-electron chi connectivity index (χ1n) is 7.55. The molecule has 116 valence electrons. The molecule has 0 aromatic heterocycles. The zero-order chi connectivity index (χ0) is 16.2. The van der Waals surface area contributed by atoms with E-state index in [1.165, 1.54) is 0 Å². The SMILES string of the molecule is O=C1c2ccccc2C(=O)C12Cc1cc(CCl)c(CCl)cc1C2. The summed E-state index contributed by atoms with van der Waals surface area (Å²) in [6.07, 6.45) is 0.919. The number of alkyl halides is 2. The van der Waals surface area contributed by atoms with Crippen LogP contribution in [0.4, 0.5) is 0 Å². The van der Waals surface area contributed by atoms with Crippen molar-refractivity contribution in [3.63, 3.8) is 0 Å². The van der Waals surface area contributed by atoms with Gasteiger partial charge in [0, 0.05) is 22.9 Å². The number of Topliss-reactive ketones (excluding diaryl/α,β-unsaturated/α-hetero) is 2. The summed E-state index contributed by atoms with van der Waals surface area (Å²) in [6, 6.07) is 11.1. The second-order valence-corrected chi connectivity index (χ2v) is 6.83. The number of halogens is 2. The van der Waals surface area contributed by atoms with E-state index in [9.17, 15) is 9.59 Å². The summed E-state index contributed by atoms with van der Waals surface area (Å²) in [7, 11) is 0. The second kappa shape index (κ2) is 5.19. The van der Waals surface area contributed by atoms with Gasteiger partial charge in [0.15, 0.2) is 11.6 Å². The molecule has 0 heterocycles. The Bertz CT molecular complexity index is 784. The van der Waals surface area contributed by atoms with Gasteiger partial charge in [-0.25, -0.2) is 0 Å². The van der Waals surface area contributed by atoms with Crippen LogP contribution in [-0.2, 0) is 24.6 Å². The molecule has 0 radical (unpaired) electrons. The Kier molecular flexibility index (Phi) is 3.36. The molecule has 0 saturated carbocycles. The summed E-state index contributed by atoms with van der Waals surface area (Å²) in [5.74, 6) is 0.665. The van der Waals surface area contributed by atoms with E-state index in [2.05, 4.69) is 0 Å². The van der Waals surface area contributed by atoms with Crippen LogP contribution in [0.15, 0.2) is 36.4 Å². The molecule has 2 aromatic rings. The Hall–Kier alpha value is -1.64. The van der Waals surface area contributed by atoms with Crippen molar-refractivity contribution in [2.75, 3.05) is 0 Å². The zero-order valence-corrected chi connectivity index (χ0v) is 13.9. The summed E-state index contributed by atoms with van der Waals surface area (Å²) >= 11 is 12.0. The van der Waals surface area contributed by atoms with Gasteiger partial charge in [-0.1, -0.05) is 36.4 Å². The predicted octanol–water partition coefficient (Wildman–Crippen LogP) is 4.33. The maximum absolute atomic E-state index is 12.9. The van der Waals surface area contributed by atoms with Gasteiger partial charge in [0.25, 0.3) is 0 Å². The average molecular weight is 345 g/mol. The third kappa shape index (κ3) is 1.95. The third-order valence-electron chi connectivity index (χ3n) is 5.08. The molecule has 4 heteroatoms. The molecule has 0 unspecified atom stereocenters. The Morgan fingerprint density at radius 3 is 1.65 bits per heavy atom. The minimum Gasteiger partial charge on any atom is -0.293 e. The fourth-order valence-electron chi connectivity index (χ4n) is 3.90. The summed E-state index contributed by atoms with van der Waals surface area (Å²) in [5.41, 5.74) is 4.20. The van der Waals surface area contributed by atoms with Gasteiger partial charge in [0.1, 0.15) is 5.41 Å². The quantitative estimate of drug-likeness (QED) is 0.600. The number of ketones is 2. The van der Waals surface area contributed by atoms with Crippen LogP contribution in [0.25, 0.3) is 0 Å². The van der Waals surface area contributed by atoms with Crippen molar-refractivity contribution >= 4 is 34.8 Å². The molecular formula is C19H14Cl2O2. The molecule has 0 bridgehead atoms. The normalized spacial score (nSPS) is 17.7. The van der Waals surface area contributed by atoms with Crippen molar-refractivity contribution < 1.29 is 9.59 Å². The van der Waals surface area contributed by atoms with Crippen LogP contribution < -0.4 is 0 Å². The van der Waals surface area contributed by atoms with E-state index >= 15 is 0 Å². The molecule has 2 aliphatic rings. The van der Waals surface area contributed by atoms with Gasteiger partial charge < -0.3 is 0 Å². The van der Waals surface area contributed by atoms with Gasteiger partial charge in [-0.05, 0) is 35.1 Å².